The molecule has 0 radical (unpaired) electrons. The van der Waals surface area contributed by atoms with Crippen LogP contribution < -0.4 is 20.1 Å². The van der Waals surface area contributed by atoms with Crippen molar-refractivity contribution in [1.29, 1.82) is 0 Å². The van der Waals surface area contributed by atoms with Gasteiger partial charge < -0.3 is 24.5 Å². The van der Waals surface area contributed by atoms with Gasteiger partial charge in [0.1, 0.15) is 17.1 Å². The number of alkyl halides is 3. The maximum Gasteiger partial charge on any atom is 0.410 e. The van der Waals surface area contributed by atoms with Crippen LogP contribution in [0.5, 0.6) is 11.5 Å². The average molecular weight is 464 g/mol. The molecule has 1 aliphatic rings. The lowest BCUT2D eigenvalue weighted by Crippen LogP contribution is -2.36. The van der Waals surface area contributed by atoms with Crippen molar-refractivity contribution in [2.45, 2.75) is 31.1 Å². The van der Waals surface area contributed by atoms with Crippen molar-refractivity contribution >= 4 is 11.7 Å². The molecule has 3 heterocycles. The van der Waals surface area contributed by atoms with Crippen molar-refractivity contribution in [2.75, 3.05) is 26.1 Å². The summed E-state index contributed by atoms with van der Waals surface area (Å²) in [7, 11) is 3.07. The van der Waals surface area contributed by atoms with Crippen molar-refractivity contribution in [1.82, 2.24) is 15.1 Å². The standard InChI is InChI=1S/C22H23F3N4O4/c1-31-17-6-5-13(10-18(17)32-2)7-8-26-21(30)14-12-27-29-19(22(23,24)25)11-15(28-20(14)29)16-4-3-9-33-16/h3-6,9-10,12,15,19,28H,7-8,11H2,1-2H3,(H,26,30)/t15-,19+/m1/s1. The van der Waals surface area contributed by atoms with Gasteiger partial charge in [0.25, 0.3) is 5.91 Å². The number of carbonyl (C=O) groups is 1. The van der Waals surface area contributed by atoms with Gasteiger partial charge in [-0.3, -0.25) is 4.79 Å². The third-order valence-corrected chi connectivity index (χ3v) is 5.52. The zero-order chi connectivity index (χ0) is 23.6. The highest BCUT2D eigenvalue weighted by atomic mass is 19.4. The van der Waals surface area contributed by atoms with Crippen LogP contribution in [0, 0.1) is 0 Å². The number of ether oxygens (including phenoxy) is 2. The van der Waals surface area contributed by atoms with E-state index in [4.69, 9.17) is 13.9 Å². The van der Waals surface area contributed by atoms with E-state index < -0.39 is 24.2 Å². The summed E-state index contributed by atoms with van der Waals surface area (Å²) < 4.78 is 57.7. The highest BCUT2D eigenvalue weighted by Crippen LogP contribution is 2.44. The molecule has 0 unspecified atom stereocenters. The number of carbonyl (C=O) groups excluding carboxylic acids is 1. The Morgan fingerprint density at radius 1 is 1.27 bits per heavy atom. The minimum absolute atomic E-state index is 0.00796. The number of nitrogens with one attached hydrogen (secondary N) is 2. The number of hydrogen-bond donors (Lipinski definition) is 2. The molecule has 0 saturated heterocycles. The van der Waals surface area contributed by atoms with Crippen molar-refractivity contribution < 1.29 is 31.9 Å². The first-order valence-corrected chi connectivity index (χ1v) is 10.2. The number of nitrogens with zero attached hydrogens (tertiary/aromatic N) is 2. The molecule has 1 amide bonds. The number of anilines is 1. The predicted molar refractivity (Wildman–Crippen MR) is 113 cm³/mol. The molecule has 2 N–H and O–H groups in total. The van der Waals surface area contributed by atoms with Crippen molar-refractivity contribution in [3.63, 3.8) is 0 Å². The summed E-state index contributed by atoms with van der Waals surface area (Å²) in [6.45, 7) is 0.267. The summed E-state index contributed by atoms with van der Waals surface area (Å²) in [4.78, 5) is 12.8. The quantitative estimate of drug-likeness (QED) is 0.547. The lowest BCUT2D eigenvalue weighted by Gasteiger charge is -2.32. The number of aromatic nitrogens is 2. The normalized spacial score (nSPS) is 17.7. The minimum Gasteiger partial charge on any atom is -0.493 e. The van der Waals surface area contributed by atoms with Crippen LogP contribution in [0.4, 0.5) is 19.0 Å². The molecule has 1 aromatic carbocycles. The lowest BCUT2D eigenvalue weighted by molar-refractivity contribution is -0.174. The van der Waals surface area contributed by atoms with Crippen LogP contribution >= 0.6 is 0 Å². The molecular weight excluding hydrogens is 441 g/mol. The first-order chi connectivity index (χ1) is 15.8. The van der Waals surface area contributed by atoms with E-state index in [1.807, 2.05) is 6.07 Å². The highest BCUT2D eigenvalue weighted by molar-refractivity contribution is 5.98. The Hall–Kier alpha value is -3.63. The lowest BCUT2D eigenvalue weighted by atomic mass is 10.0. The summed E-state index contributed by atoms with van der Waals surface area (Å²) in [6, 6.07) is 5.99. The molecule has 0 aliphatic carbocycles. The van der Waals surface area contributed by atoms with Gasteiger partial charge in [0.2, 0.25) is 0 Å². The van der Waals surface area contributed by atoms with Gasteiger partial charge >= 0.3 is 6.18 Å². The fraction of sp³-hybridized carbons (Fsp3) is 0.364. The monoisotopic (exact) mass is 464 g/mol. The van der Waals surface area contributed by atoms with Crippen molar-refractivity contribution in [3.8, 4) is 11.5 Å². The van der Waals surface area contributed by atoms with Crippen LogP contribution in [0.3, 0.4) is 0 Å². The molecule has 4 rings (SSSR count). The Balaban J connectivity index is 1.49. The van der Waals surface area contributed by atoms with Gasteiger partial charge in [0.05, 0.1) is 32.7 Å². The molecule has 0 saturated carbocycles. The summed E-state index contributed by atoms with van der Waals surface area (Å²) in [6.07, 6.45) is -1.80. The second kappa shape index (κ2) is 9.08. The van der Waals surface area contributed by atoms with Gasteiger partial charge in [0.15, 0.2) is 17.5 Å². The third kappa shape index (κ3) is 4.62. The van der Waals surface area contributed by atoms with Crippen LogP contribution in [0.2, 0.25) is 0 Å². The number of hydrogen-bond acceptors (Lipinski definition) is 6. The Morgan fingerprint density at radius 2 is 2.06 bits per heavy atom. The van der Waals surface area contributed by atoms with Gasteiger partial charge in [-0.05, 0) is 36.2 Å². The highest BCUT2D eigenvalue weighted by Gasteiger charge is 2.47. The molecule has 176 valence electrons. The van der Waals surface area contributed by atoms with Gasteiger partial charge in [-0.2, -0.15) is 18.3 Å². The number of halogens is 3. The molecule has 0 bridgehead atoms. The molecule has 11 heteroatoms. The number of fused-ring (bicyclic) bond motifs is 1. The SMILES string of the molecule is COc1ccc(CCNC(=O)c2cnn3c2N[C@@H](c2ccco2)C[C@H]3C(F)(F)F)cc1OC. The third-order valence-electron chi connectivity index (χ3n) is 5.52. The number of rotatable bonds is 7. The van der Waals surface area contributed by atoms with Crippen LogP contribution in [0.1, 0.15) is 40.2 Å². The summed E-state index contributed by atoms with van der Waals surface area (Å²) in [5.74, 6) is 1.00. The first-order valence-electron chi connectivity index (χ1n) is 10.2. The smallest absolute Gasteiger partial charge is 0.410 e. The van der Waals surface area contributed by atoms with Crippen LogP contribution in [0.15, 0.2) is 47.2 Å². The molecule has 3 aromatic rings. The molecule has 0 fully saturated rings. The number of benzene rings is 1. The van der Waals surface area contributed by atoms with Crippen molar-refractivity contribution in [3.05, 3.63) is 59.7 Å². The van der Waals surface area contributed by atoms with E-state index in [0.717, 1.165) is 16.4 Å². The minimum atomic E-state index is -4.53. The topological polar surface area (TPSA) is 90.5 Å². The zero-order valence-electron chi connectivity index (χ0n) is 18.0. The predicted octanol–water partition coefficient (Wildman–Crippen LogP) is 4.13. The molecule has 33 heavy (non-hydrogen) atoms. The van der Waals surface area contributed by atoms with E-state index in [1.54, 1.807) is 24.3 Å². The molecule has 2 atom stereocenters. The Kier molecular flexibility index (Phi) is 6.21. The Bertz CT molecular complexity index is 1110. The van der Waals surface area contributed by atoms with Crippen LogP contribution in [-0.2, 0) is 6.42 Å². The average Bonchev–Trinajstić information content (AvgIpc) is 3.47. The van der Waals surface area contributed by atoms with Crippen molar-refractivity contribution in [2.24, 2.45) is 0 Å². The van der Waals surface area contributed by atoms with E-state index in [-0.39, 0.29) is 24.3 Å². The van der Waals surface area contributed by atoms with Gasteiger partial charge in [-0.25, -0.2) is 4.68 Å². The number of amides is 1. The molecule has 0 spiro atoms. The van der Waals surface area contributed by atoms with E-state index in [0.29, 0.717) is 23.7 Å². The molecule has 8 nitrogen and oxygen atoms in total. The van der Waals surface area contributed by atoms with E-state index >= 15 is 0 Å². The fourth-order valence-corrected chi connectivity index (χ4v) is 3.86. The number of methoxy groups -OCH3 is 2. The van der Waals surface area contributed by atoms with E-state index in [1.165, 1.54) is 20.5 Å². The molecule has 1 aliphatic heterocycles. The van der Waals surface area contributed by atoms with Gasteiger partial charge in [-0.15, -0.1) is 0 Å². The van der Waals surface area contributed by atoms with E-state index in [9.17, 15) is 18.0 Å². The number of furan rings is 1. The first kappa shape index (κ1) is 22.6. The maximum absolute atomic E-state index is 13.7. The molecular formula is C22H23F3N4O4. The van der Waals surface area contributed by atoms with E-state index in [2.05, 4.69) is 15.7 Å². The summed E-state index contributed by atoms with van der Waals surface area (Å²) >= 11 is 0. The Morgan fingerprint density at radius 3 is 2.73 bits per heavy atom. The van der Waals surface area contributed by atoms with Crippen LogP contribution in [-0.4, -0.2) is 42.6 Å². The van der Waals surface area contributed by atoms with Gasteiger partial charge in [0, 0.05) is 13.0 Å². The second-order valence-electron chi connectivity index (χ2n) is 7.55. The molecule has 2 aromatic heterocycles. The summed E-state index contributed by atoms with van der Waals surface area (Å²) in [5.41, 5.74) is 0.936. The maximum atomic E-state index is 13.7. The Labute approximate surface area is 187 Å². The fourth-order valence-electron chi connectivity index (χ4n) is 3.86. The van der Waals surface area contributed by atoms with Gasteiger partial charge in [-0.1, -0.05) is 6.07 Å². The second-order valence-corrected chi connectivity index (χ2v) is 7.55. The van der Waals surface area contributed by atoms with Crippen LogP contribution in [0.25, 0.3) is 0 Å². The zero-order valence-corrected chi connectivity index (χ0v) is 18.0. The summed E-state index contributed by atoms with van der Waals surface area (Å²) in [5, 5.41) is 9.59. The largest absolute Gasteiger partial charge is 0.493 e.